The van der Waals surface area contributed by atoms with Gasteiger partial charge in [-0.2, -0.15) is 0 Å². The number of rotatable bonds is 3. The molecular formula is C22H20ClN3O3. The summed E-state index contributed by atoms with van der Waals surface area (Å²) in [7, 11) is 0. The molecule has 0 aliphatic carbocycles. The summed E-state index contributed by atoms with van der Waals surface area (Å²) in [5, 5.41) is 15.3. The lowest BCUT2D eigenvalue weighted by Gasteiger charge is -2.27. The van der Waals surface area contributed by atoms with E-state index in [1.165, 1.54) is 0 Å². The summed E-state index contributed by atoms with van der Waals surface area (Å²) < 4.78 is 5.99. The monoisotopic (exact) mass is 409 g/mol. The molecule has 7 heteroatoms. The lowest BCUT2D eigenvalue weighted by Crippen LogP contribution is -2.42. The first-order valence-corrected chi connectivity index (χ1v) is 9.97. The number of aromatic nitrogens is 1. The van der Waals surface area contributed by atoms with E-state index in [1.807, 2.05) is 24.4 Å². The highest BCUT2D eigenvalue weighted by Crippen LogP contribution is 2.40. The second kappa shape index (κ2) is 7.22. The van der Waals surface area contributed by atoms with Crippen LogP contribution in [0, 0.1) is 0 Å². The van der Waals surface area contributed by atoms with Gasteiger partial charge in [-0.1, -0.05) is 11.6 Å². The van der Waals surface area contributed by atoms with Crippen molar-refractivity contribution in [2.24, 2.45) is 0 Å². The lowest BCUT2D eigenvalue weighted by atomic mass is 10.0. The molecule has 0 amide bonds. The molecule has 2 aliphatic rings. The van der Waals surface area contributed by atoms with Crippen LogP contribution in [0.4, 0.5) is 0 Å². The fourth-order valence-corrected chi connectivity index (χ4v) is 4.09. The van der Waals surface area contributed by atoms with Gasteiger partial charge in [0.15, 0.2) is 5.76 Å². The second-order valence-electron chi connectivity index (χ2n) is 7.34. The van der Waals surface area contributed by atoms with E-state index in [4.69, 9.17) is 16.3 Å². The number of phenols is 1. The zero-order valence-electron chi connectivity index (χ0n) is 15.7. The van der Waals surface area contributed by atoms with Crippen molar-refractivity contribution < 1.29 is 14.6 Å². The molecule has 0 atom stereocenters. The molecule has 2 aromatic carbocycles. The number of H-pyrrole nitrogens is 1. The van der Waals surface area contributed by atoms with Gasteiger partial charge in [-0.15, -0.1) is 0 Å². The van der Waals surface area contributed by atoms with Gasteiger partial charge >= 0.3 is 0 Å². The van der Waals surface area contributed by atoms with Gasteiger partial charge in [0, 0.05) is 60.4 Å². The van der Waals surface area contributed by atoms with Gasteiger partial charge in [-0.05, 0) is 36.4 Å². The largest absolute Gasteiger partial charge is 0.507 e. The van der Waals surface area contributed by atoms with Crippen LogP contribution in [0.1, 0.15) is 21.5 Å². The molecular weight excluding hydrogens is 390 g/mol. The van der Waals surface area contributed by atoms with Crippen LogP contribution in [-0.2, 0) is 6.54 Å². The van der Waals surface area contributed by atoms with Crippen molar-refractivity contribution in [3.05, 3.63) is 64.0 Å². The number of hydrogen-bond donors (Lipinski definition) is 3. The average molecular weight is 410 g/mol. The number of ketones is 1. The van der Waals surface area contributed by atoms with Crippen LogP contribution < -0.4 is 10.1 Å². The molecule has 1 aromatic heterocycles. The van der Waals surface area contributed by atoms with E-state index in [0.717, 1.165) is 42.6 Å². The molecule has 3 aromatic rings. The molecule has 148 valence electrons. The summed E-state index contributed by atoms with van der Waals surface area (Å²) in [6.07, 6.45) is 3.55. The Morgan fingerprint density at radius 2 is 2.03 bits per heavy atom. The van der Waals surface area contributed by atoms with E-state index in [2.05, 4.69) is 15.2 Å². The van der Waals surface area contributed by atoms with E-state index in [-0.39, 0.29) is 17.3 Å². The fourth-order valence-electron chi connectivity index (χ4n) is 3.92. The molecule has 5 rings (SSSR count). The number of hydrogen-bond acceptors (Lipinski definition) is 5. The molecule has 0 unspecified atom stereocenters. The summed E-state index contributed by atoms with van der Waals surface area (Å²) in [4.78, 5) is 18.4. The summed E-state index contributed by atoms with van der Waals surface area (Å²) >= 11 is 6.13. The second-order valence-corrected chi connectivity index (χ2v) is 7.78. The van der Waals surface area contributed by atoms with Crippen LogP contribution in [0.3, 0.4) is 0 Å². The number of halogens is 1. The van der Waals surface area contributed by atoms with E-state index in [9.17, 15) is 9.90 Å². The molecule has 1 fully saturated rings. The number of nitrogens with one attached hydrogen (secondary N) is 2. The first-order valence-electron chi connectivity index (χ1n) is 9.59. The first kappa shape index (κ1) is 18.2. The quantitative estimate of drug-likeness (QED) is 0.577. The predicted octanol–water partition coefficient (Wildman–Crippen LogP) is 3.55. The number of benzene rings is 2. The molecule has 0 spiro atoms. The molecule has 29 heavy (non-hydrogen) atoms. The van der Waals surface area contributed by atoms with E-state index in [1.54, 1.807) is 18.2 Å². The summed E-state index contributed by atoms with van der Waals surface area (Å²) in [5.74, 6) is 0.666. The Bertz CT molecular complexity index is 1150. The normalized spacial score (nSPS) is 18.4. The maximum absolute atomic E-state index is 12.9. The molecule has 0 saturated carbocycles. The van der Waals surface area contributed by atoms with E-state index < -0.39 is 0 Å². The third-order valence-electron chi connectivity index (χ3n) is 5.47. The number of allylic oxidation sites excluding steroid dienone is 1. The Morgan fingerprint density at radius 1 is 1.21 bits per heavy atom. The third kappa shape index (κ3) is 3.29. The van der Waals surface area contributed by atoms with Crippen LogP contribution in [0.2, 0.25) is 5.02 Å². The van der Waals surface area contributed by atoms with Crippen LogP contribution >= 0.6 is 11.6 Å². The van der Waals surface area contributed by atoms with Crippen LogP contribution in [0.5, 0.6) is 11.5 Å². The molecule has 2 aliphatic heterocycles. The van der Waals surface area contributed by atoms with Gasteiger partial charge in [-0.3, -0.25) is 9.69 Å². The zero-order chi connectivity index (χ0) is 20.0. The Kier molecular flexibility index (Phi) is 4.54. The van der Waals surface area contributed by atoms with E-state index >= 15 is 0 Å². The van der Waals surface area contributed by atoms with Crippen molar-refractivity contribution >= 4 is 34.4 Å². The maximum Gasteiger partial charge on any atom is 0.231 e. The number of piperazine rings is 1. The number of aromatic hydroxyl groups is 1. The Morgan fingerprint density at radius 3 is 2.86 bits per heavy atom. The number of aromatic amines is 1. The van der Waals surface area contributed by atoms with Gasteiger partial charge in [-0.25, -0.2) is 0 Å². The Balaban J connectivity index is 1.50. The fraction of sp³-hybridized carbons (Fsp3) is 0.227. The number of carbonyl (C=O) groups is 1. The smallest absolute Gasteiger partial charge is 0.231 e. The zero-order valence-corrected chi connectivity index (χ0v) is 16.4. The van der Waals surface area contributed by atoms with Crippen molar-refractivity contribution in [2.45, 2.75) is 6.54 Å². The minimum absolute atomic E-state index is 0.148. The first-order chi connectivity index (χ1) is 14.1. The van der Waals surface area contributed by atoms with Gasteiger partial charge in [0.1, 0.15) is 11.5 Å². The van der Waals surface area contributed by atoms with Crippen molar-refractivity contribution in [3.8, 4) is 11.5 Å². The topological polar surface area (TPSA) is 77.6 Å². The molecule has 0 bridgehead atoms. The minimum Gasteiger partial charge on any atom is -0.507 e. The summed E-state index contributed by atoms with van der Waals surface area (Å²) in [6, 6.07) is 8.77. The predicted molar refractivity (Wildman–Crippen MR) is 112 cm³/mol. The molecule has 6 nitrogen and oxygen atoms in total. The summed E-state index contributed by atoms with van der Waals surface area (Å²) in [6.45, 7) is 4.12. The molecule has 3 N–H and O–H groups in total. The SMILES string of the molecule is O=C1C(=Cc2c[nH]c3ccc(Cl)cc23)Oc2c1ccc(O)c2CN1CCNCC1. The highest BCUT2D eigenvalue weighted by Gasteiger charge is 2.32. The van der Waals surface area contributed by atoms with Crippen molar-refractivity contribution in [1.29, 1.82) is 0 Å². The number of phenolic OH excluding ortho intramolecular Hbond substituents is 1. The van der Waals surface area contributed by atoms with Gasteiger partial charge in [0.25, 0.3) is 0 Å². The van der Waals surface area contributed by atoms with Crippen LogP contribution in [0.25, 0.3) is 17.0 Å². The number of carbonyl (C=O) groups excluding carboxylic acids is 1. The maximum atomic E-state index is 12.9. The van der Waals surface area contributed by atoms with Crippen LogP contribution in [0.15, 0.2) is 42.3 Å². The lowest BCUT2D eigenvalue weighted by molar-refractivity contribution is 0.101. The molecule has 1 saturated heterocycles. The van der Waals surface area contributed by atoms with Crippen molar-refractivity contribution in [1.82, 2.24) is 15.2 Å². The number of nitrogens with zero attached hydrogens (tertiary/aromatic N) is 1. The average Bonchev–Trinajstić information content (AvgIpc) is 3.26. The van der Waals surface area contributed by atoms with Gasteiger partial charge < -0.3 is 20.1 Å². The molecule has 3 heterocycles. The summed E-state index contributed by atoms with van der Waals surface area (Å²) in [5.41, 5.74) is 2.90. The molecule has 0 radical (unpaired) electrons. The Labute approximate surface area is 172 Å². The van der Waals surface area contributed by atoms with E-state index in [0.29, 0.717) is 28.4 Å². The van der Waals surface area contributed by atoms with Crippen LogP contribution in [-0.4, -0.2) is 47.0 Å². The third-order valence-corrected chi connectivity index (χ3v) is 5.71. The van der Waals surface area contributed by atoms with Gasteiger partial charge in [0.05, 0.1) is 11.1 Å². The highest BCUT2D eigenvalue weighted by atomic mass is 35.5. The van der Waals surface area contributed by atoms with Crippen molar-refractivity contribution in [2.75, 3.05) is 26.2 Å². The minimum atomic E-state index is -0.182. The number of fused-ring (bicyclic) bond motifs is 2. The standard InChI is InChI=1S/C22H20ClN3O3/c23-14-1-3-18-16(10-14)13(11-25-18)9-20-21(28)15-2-4-19(27)17(22(15)29-20)12-26-7-5-24-6-8-26/h1-4,9-11,24-25,27H,5-8,12H2. The highest BCUT2D eigenvalue weighted by molar-refractivity contribution is 6.31. The number of ether oxygens (including phenoxy) is 1. The Hall–Kier alpha value is -2.80. The van der Waals surface area contributed by atoms with Crippen molar-refractivity contribution in [3.63, 3.8) is 0 Å². The van der Waals surface area contributed by atoms with Gasteiger partial charge in [0.2, 0.25) is 5.78 Å². The number of Topliss-reactive ketones (excluding diaryl/α,β-unsaturated/α-hetero) is 1.